The number of pyridine rings is 1. The van der Waals surface area contributed by atoms with Gasteiger partial charge < -0.3 is 19.7 Å². The number of aromatic nitrogens is 1. The van der Waals surface area contributed by atoms with E-state index in [1.54, 1.807) is 14.2 Å². The molecule has 0 bridgehead atoms. The lowest BCUT2D eigenvalue weighted by Crippen LogP contribution is -2.41. The molecule has 0 aliphatic carbocycles. The molecular weight excluding hydrogens is 362 g/mol. The standard InChI is InChI=1S/C21H29N3O2.ClH/c1-25-20-12-17-18(13-21(20)26-2)23-9-5-19(17)24-10-6-15(7-11-24)16-4-3-8-22-14-16;/h5,9,12-13,15-16,22H,3-4,6-8,10-11,14H2,1-2H3;1H. The quantitative estimate of drug-likeness (QED) is 0.856. The molecule has 0 saturated carbocycles. The van der Waals surface area contributed by atoms with Crippen LogP contribution in [0, 0.1) is 11.8 Å². The highest BCUT2D eigenvalue weighted by molar-refractivity contribution is 5.94. The van der Waals surface area contributed by atoms with Crippen molar-refractivity contribution in [3.8, 4) is 11.5 Å². The smallest absolute Gasteiger partial charge is 0.162 e. The van der Waals surface area contributed by atoms with Gasteiger partial charge in [-0.15, -0.1) is 12.4 Å². The lowest BCUT2D eigenvalue weighted by molar-refractivity contribution is 0.226. The minimum Gasteiger partial charge on any atom is -0.493 e. The summed E-state index contributed by atoms with van der Waals surface area (Å²) in [5, 5.41) is 4.72. The molecule has 1 aromatic heterocycles. The molecule has 0 amide bonds. The zero-order valence-corrected chi connectivity index (χ0v) is 17.1. The van der Waals surface area contributed by atoms with Crippen molar-refractivity contribution < 1.29 is 9.47 Å². The lowest BCUT2D eigenvalue weighted by atomic mass is 9.80. The van der Waals surface area contributed by atoms with Crippen molar-refractivity contribution in [1.29, 1.82) is 0 Å². The van der Waals surface area contributed by atoms with E-state index < -0.39 is 0 Å². The van der Waals surface area contributed by atoms with Crippen molar-refractivity contribution in [2.75, 3.05) is 45.3 Å². The summed E-state index contributed by atoms with van der Waals surface area (Å²) in [6.07, 6.45) is 7.20. The third kappa shape index (κ3) is 4.09. The van der Waals surface area contributed by atoms with Crippen LogP contribution < -0.4 is 19.7 Å². The van der Waals surface area contributed by atoms with E-state index in [9.17, 15) is 0 Å². The highest BCUT2D eigenvalue weighted by Crippen LogP contribution is 2.38. The van der Waals surface area contributed by atoms with Gasteiger partial charge >= 0.3 is 0 Å². The first-order valence-corrected chi connectivity index (χ1v) is 9.76. The van der Waals surface area contributed by atoms with Crippen LogP contribution in [0.1, 0.15) is 25.7 Å². The Morgan fingerprint density at radius 2 is 1.78 bits per heavy atom. The van der Waals surface area contributed by atoms with E-state index in [4.69, 9.17) is 9.47 Å². The number of methoxy groups -OCH3 is 2. The van der Waals surface area contributed by atoms with Gasteiger partial charge in [0.15, 0.2) is 11.5 Å². The Bertz CT molecular complexity index is 756. The van der Waals surface area contributed by atoms with Gasteiger partial charge in [0.05, 0.1) is 19.7 Å². The number of halogens is 1. The number of rotatable bonds is 4. The fraction of sp³-hybridized carbons (Fsp3) is 0.571. The van der Waals surface area contributed by atoms with Crippen molar-refractivity contribution in [2.45, 2.75) is 25.7 Å². The van der Waals surface area contributed by atoms with Crippen molar-refractivity contribution in [1.82, 2.24) is 10.3 Å². The molecule has 2 fully saturated rings. The summed E-state index contributed by atoms with van der Waals surface area (Å²) < 4.78 is 10.9. The third-order valence-electron chi connectivity index (χ3n) is 6.11. The minimum absolute atomic E-state index is 0. The first-order valence-electron chi connectivity index (χ1n) is 9.76. The number of fused-ring (bicyclic) bond motifs is 1. The molecule has 27 heavy (non-hydrogen) atoms. The van der Waals surface area contributed by atoms with E-state index >= 15 is 0 Å². The van der Waals surface area contributed by atoms with Gasteiger partial charge in [-0.25, -0.2) is 0 Å². The van der Waals surface area contributed by atoms with Gasteiger partial charge in [0.25, 0.3) is 0 Å². The van der Waals surface area contributed by atoms with E-state index in [-0.39, 0.29) is 12.4 Å². The maximum Gasteiger partial charge on any atom is 0.162 e. The zero-order chi connectivity index (χ0) is 17.9. The first kappa shape index (κ1) is 20.0. The lowest BCUT2D eigenvalue weighted by Gasteiger charge is -2.39. The SMILES string of the molecule is COc1cc2nccc(N3CCC(C4CCCNC4)CC3)c2cc1OC.Cl. The Labute approximate surface area is 167 Å². The predicted molar refractivity (Wildman–Crippen MR) is 113 cm³/mol. The van der Waals surface area contributed by atoms with Gasteiger partial charge in [-0.2, -0.15) is 0 Å². The van der Waals surface area contributed by atoms with Crippen molar-refractivity contribution in [2.24, 2.45) is 11.8 Å². The van der Waals surface area contributed by atoms with Gasteiger partial charge in [-0.1, -0.05) is 0 Å². The summed E-state index contributed by atoms with van der Waals surface area (Å²) >= 11 is 0. The average molecular weight is 392 g/mol. The first-order chi connectivity index (χ1) is 12.8. The number of nitrogens with zero attached hydrogens (tertiary/aromatic N) is 2. The van der Waals surface area contributed by atoms with Crippen LogP contribution in [0.3, 0.4) is 0 Å². The molecular formula is C21H30ClN3O2. The van der Waals surface area contributed by atoms with Crippen LogP contribution in [0.4, 0.5) is 5.69 Å². The number of anilines is 1. The van der Waals surface area contributed by atoms with E-state index in [2.05, 4.69) is 27.3 Å². The summed E-state index contributed by atoms with van der Waals surface area (Å²) in [5.41, 5.74) is 2.22. The van der Waals surface area contributed by atoms with Crippen LogP contribution in [0.5, 0.6) is 11.5 Å². The molecule has 0 radical (unpaired) electrons. The van der Waals surface area contributed by atoms with Crippen LogP contribution in [0.25, 0.3) is 10.9 Å². The minimum atomic E-state index is 0. The van der Waals surface area contributed by atoms with Crippen LogP contribution in [-0.4, -0.2) is 45.4 Å². The molecule has 2 aliphatic heterocycles. The number of benzene rings is 1. The second-order valence-corrected chi connectivity index (χ2v) is 7.49. The molecule has 0 spiro atoms. The molecule has 1 atom stereocenters. The molecule has 3 heterocycles. The van der Waals surface area contributed by atoms with Crippen LogP contribution in [-0.2, 0) is 0 Å². The van der Waals surface area contributed by atoms with Gasteiger partial charge in [0.1, 0.15) is 0 Å². The van der Waals surface area contributed by atoms with Crippen LogP contribution in [0.2, 0.25) is 0 Å². The van der Waals surface area contributed by atoms with Crippen LogP contribution in [0.15, 0.2) is 24.4 Å². The summed E-state index contributed by atoms with van der Waals surface area (Å²) in [7, 11) is 3.35. The number of hydrogen-bond acceptors (Lipinski definition) is 5. The maximum atomic E-state index is 5.50. The largest absolute Gasteiger partial charge is 0.493 e. The van der Waals surface area contributed by atoms with E-state index in [1.165, 1.54) is 44.5 Å². The number of nitrogens with one attached hydrogen (secondary N) is 1. The molecule has 1 aromatic carbocycles. The fourth-order valence-electron chi connectivity index (χ4n) is 4.63. The molecule has 1 N–H and O–H groups in total. The molecule has 2 aromatic rings. The van der Waals surface area contributed by atoms with Gasteiger partial charge in [0.2, 0.25) is 0 Å². The molecule has 2 aliphatic rings. The van der Waals surface area contributed by atoms with Gasteiger partial charge in [0, 0.05) is 36.4 Å². The molecule has 148 valence electrons. The topological polar surface area (TPSA) is 46.6 Å². The van der Waals surface area contributed by atoms with Crippen molar-refractivity contribution in [3.63, 3.8) is 0 Å². The summed E-state index contributed by atoms with van der Waals surface area (Å²) in [6, 6.07) is 6.17. The molecule has 2 saturated heterocycles. The summed E-state index contributed by atoms with van der Waals surface area (Å²) in [6.45, 7) is 4.65. The predicted octanol–water partition coefficient (Wildman–Crippen LogP) is 3.89. The van der Waals surface area contributed by atoms with Gasteiger partial charge in [-0.05, 0) is 62.7 Å². The maximum absolute atomic E-state index is 5.50. The summed E-state index contributed by atoms with van der Waals surface area (Å²) in [4.78, 5) is 7.06. The third-order valence-corrected chi connectivity index (χ3v) is 6.11. The summed E-state index contributed by atoms with van der Waals surface area (Å²) in [5.74, 6) is 3.22. The second kappa shape index (κ2) is 8.98. The van der Waals surface area contributed by atoms with Crippen LogP contribution >= 0.6 is 12.4 Å². The Kier molecular flexibility index (Phi) is 6.66. The number of hydrogen-bond donors (Lipinski definition) is 1. The Morgan fingerprint density at radius 1 is 1.04 bits per heavy atom. The fourth-order valence-corrected chi connectivity index (χ4v) is 4.63. The van der Waals surface area contributed by atoms with Crippen molar-refractivity contribution in [3.05, 3.63) is 24.4 Å². The normalized spacial score (nSPS) is 21.0. The molecule has 4 rings (SSSR count). The highest BCUT2D eigenvalue weighted by Gasteiger charge is 2.28. The van der Waals surface area contributed by atoms with E-state index in [0.717, 1.165) is 47.3 Å². The second-order valence-electron chi connectivity index (χ2n) is 7.49. The zero-order valence-electron chi connectivity index (χ0n) is 16.2. The number of ether oxygens (including phenoxy) is 2. The molecule has 1 unspecified atom stereocenters. The monoisotopic (exact) mass is 391 g/mol. The number of piperidine rings is 2. The van der Waals surface area contributed by atoms with Gasteiger partial charge in [-0.3, -0.25) is 4.98 Å². The molecule has 5 nitrogen and oxygen atoms in total. The average Bonchev–Trinajstić information content (AvgIpc) is 2.73. The van der Waals surface area contributed by atoms with E-state index in [1.807, 2.05) is 12.3 Å². The Balaban J connectivity index is 0.00000210. The Hall–Kier alpha value is -1.72. The van der Waals surface area contributed by atoms with Crippen molar-refractivity contribution >= 4 is 29.0 Å². The molecule has 6 heteroatoms. The Morgan fingerprint density at radius 3 is 2.44 bits per heavy atom. The highest BCUT2D eigenvalue weighted by atomic mass is 35.5. The van der Waals surface area contributed by atoms with E-state index in [0.29, 0.717) is 0 Å².